The minimum Gasteiger partial charge on any atom is -0.508 e. The summed E-state index contributed by atoms with van der Waals surface area (Å²) in [5, 5.41) is 23.7. The molecule has 1 aromatic carbocycles. The van der Waals surface area contributed by atoms with Crippen molar-refractivity contribution in [1.82, 2.24) is 15.4 Å². The lowest BCUT2D eigenvalue weighted by atomic mass is 9.89. The van der Waals surface area contributed by atoms with Crippen molar-refractivity contribution in [2.75, 3.05) is 19.6 Å². The molecule has 0 aliphatic carbocycles. The van der Waals surface area contributed by atoms with Gasteiger partial charge in [0.15, 0.2) is 0 Å². The molecule has 1 saturated heterocycles. The van der Waals surface area contributed by atoms with Crippen LogP contribution in [0.4, 0.5) is 4.79 Å². The van der Waals surface area contributed by atoms with Crippen LogP contribution in [-0.2, 0) is 11.3 Å². The maximum absolute atomic E-state index is 11.9. The molecule has 1 fully saturated rings. The largest absolute Gasteiger partial charge is 0.508 e. The summed E-state index contributed by atoms with van der Waals surface area (Å²) in [5.74, 6) is 0.344. The standard InChI is InChI=1S/C19H23N3O4/c23-16-3-4-17(18(24)12-16)15-6-10-22(11-7-15)26-19(25)21-9-5-14-2-1-8-20-13-14/h1-4,8,12-13,15,23-24H,5-7,9-11H2,(H,21,25). The Balaban J connectivity index is 1.40. The average molecular weight is 357 g/mol. The van der Waals surface area contributed by atoms with Crippen LogP contribution in [0, 0.1) is 0 Å². The lowest BCUT2D eigenvalue weighted by molar-refractivity contribution is -0.113. The number of carbonyl (C=O) groups excluding carboxylic acids is 1. The summed E-state index contributed by atoms with van der Waals surface area (Å²) in [5.41, 5.74) is 1.88. The highest BCUT2D eigenvalue weighted by molar-refractivity contribution is 5.66. The fourth-order valence-corrected chi connectivity index (χ4v) is 3.14. The molecule has 138 valence electrons. The van der Waals surface area contributed by atoms with Crippen molar-refractivity contribution in [1.29, 1.82) is 0 Å². The molecule has 3 N–H and O–H groups in total. The maximum atomic E-state index is 11.9. The van der Waals surface area contributed by atoms with Gasteiger partial charge in [0.1, 0.15) is 11.5 Å². The fourth-order valence-electron chi connectivity index (χ4n) is 3.14. The summed E-state index contributed by atoms with van der Waals surface area (Å²) in [4.78, 5) is 21.2. The number of rotatable bonds is 5. The number of hydrogen-bond donors (Lipinski definition) is 3. The van der Waals surface area contributed by atoms with Crippen molar-refractivity contribution in [3.63, 3.8) is 0 Å². The Hall–Kier alpha value is -2.80. The van der Waals surface area contributed by atoms with E-state index in [1.807, 2.05) is 12.1 Å². The van der Waals surface area contributed by atoms with Crippen molar-refractivity contribution in [3.8, 4) is 11.5 Å². The van der Waals surface area contributed by atoms with Crippen LogP contribution in [0.15, 0.2) is 42.7 Å². The number of amides is 1. The van der Waals surface area contributed by atoms with Gasteiger partial charge in [-0.2, -0.15) is 0 Å². The van der Waals surface area contributed by atoms with Gasteiger partial charge in [-0.3, -0.25) is 4.98 Å². The monoisotopic (exact) mass is 357 g/mol. The first-order valence-electron chi connectivity index (χ1n) is 8.73. The smallest absolute Gasteiger partial charge is 0.426 e. The van der Waals surface area contributed by atoms with Gasteiger partial charge in [-0.1, -0.05) is 12.1 Å². The van der Waals surface area contributed by atoms with E-state index in [9.17, 15) is 15.0 Å². The third-order valence-electron chi connectivity index (χ3n) is 4.53. The number of hydroxylamine groups is 2. The normalized spacial score (nSPS) is 15.5. The zero-order valence-corrected chi connectivity index (χ0v) is 14.5. The van der Waals surface area contributed by atoms with Crippen LogP contribution in [0.25, 0.3) is 0 Å². The third kappa shape index (κ3) is 4.86. The highest BCUT2D eigenvalue weighted by Crippen LogP contribution is 2.35. The Morgan fingerprint density at radius 1 is 1.27 bits per heavy atom. The van der Waals surface area contributed by atoms with Gasteiger partial charge in [0.25, 0.3) is 0 Å². The molecule has 1 aliphatic heterocycles. The van der Waals surface area contributed by atoms with Crippen LogP contribution in [0.3, 0.4) is 0 Å². The van der Waals surface area contributed by atoms with E-state index >= 15 is 0 Å². The van der Waals surface area contributed by atoms with Gasteiger partial charge in [-0.25, -0.2) is 4.79 Å². The molecule has 0 saturated carbocycles. The average Bonchev–Trinajstić information content (AvgIpc) is 2.63. The van der Waals surface area contributed by atoms with Gasteiger partial charge < -0.3 is 20.4 Å². The minimum absolute atomic E-state index is 0.0509. The number of aromatic hydroxyl groups is 2. The predicted molar refractivity (Wildman–Crippen MR) is 95.7 cm³/mol. The number of piperidine rings is 1. The maximum Gasteiger partial charge on any atom is 0.426 e. The predicted octanol–water partition coefficient (Wildman–Crippen LogP) is 2.56. The molecule has 1 amide bonds. The summed E-state index contributed by atoms with van der Waals surface area (Å²) >= 11 is 0. The van der Waals surface area contributed by atoms with Crippen LogP contribution < -0.4 is 5.32 Å². The molecule has 0 atom stereocenters. The quantitative estimate of drug-likeness (QED) is 0.761. The fraction of sp³-hybridized carbons (Fsp3) is 0.368. The van der Waals surface area contributed by atoms with Gasteiger partial charge >= 0.3 is 6.09 Å². The zero-order chi connectivity index (χ0) is 18.4. The molecule has 2 heterocycles. The number of phenols is 2. The van der Waals surface area contributed by atoms with Crippen molar-refractivity contribution in [2.45, 2.75) is 25.2 Å². The Labute approximate surface area is 152 Å². The Morgan fingerprint density at radius 2 is 2.08 bits per heavy atom. The van der Waals surface area contributed by atoms with E-state index in [1.54, 1.807) is 29.6 Å². The molecule has 7 nitrogen and oxygen atoms in total. The first-order chi connectivity index (χ1) is 12.6. The van der Waals surface area contributed by atoms with Gasteiger partial charge in [0.05, 0.1) is 0 Å². The van der Waals surface area contributed by atoms with Crippen molar-refractivity contribution >= 4 is 6.09 Å². The first-order valence-corrected chi connectivity index (χ1v) is 8.73. The molecule has 0 bridgehead atoms. The Kier molecular flexibility index (Phi) is 5.91. The summed E-state index contributed by atoms with van der Waals surface area (Å²) in [6, 6.07) is 8.51. The number of nitrogens with one attached hydrogen (secondary N) is 1. The van der Waals surface area contributed by atoms with Gasteiger partial charge in [0.2, 0.25) is 0 Å². The molecule has 3 rings (SSSR count). The molecule has 0 spiro atoms. The zero-order valence-electron chi connectivity index (χ0n) is 14.5. The second kappa shape index (κ2) is 8.53. The summed E-state index contributed by atoms with van der Waals surface area (Å²) < 4.78 is 0. The van der Waals surface area contributed by atoms with Gasteiger partial charge in [-0.15, -0.1) is 5.06 Å². The van der Waals surface area contributed by atoms with E-state index in [1.165, 1.54) is 6.07 Å². The number of carbonyl (C=O) groups is 1. The molecule has 26 heavy (non-hydrogen) atoms. The molecule has 0 unspecified atom stereocenters. The van der Waals surface area contributed by atoms with Crippen LogP contribution >= 0.6 is 0 Å². The van der Waals surface area contributed by atoms with E-state index in [2.05, 4.69) is 10.3 Å². The lowest BCUT2D eigenvalue weighted by Gasteiger charge is -2.30. The summed E-state index contributed by atoms with van der Waals surface area (Å²) in [7, 11) is 0. The van der Waals surface area contributed by atoms with E-state index < -0.39 is 6.09 Å². The van der Waals surface area contributed by atoms with Crippen molar-refractivity contribution < 1.29 is 19.8 Å². The van der Waals surface area contributed by atoms with Crippen LogP contribution in [0.5, 0.6) is 11.5 Å². The molecule has 2 aromatic rings. The van der Waals surface area contributed by atoms with Crippen molar-refractivity contribution in [3.05, 3.63) is 53.9 Å². The number of pyridine rings is 1. The SMILES string of the molecule is O=C(NCCc1cccnc1)ON1CCC(c2ccc(O)cc2O)CC1. The Bertz CT molecular complexity index is 731. The molecular formula is C19H23N3O4. The molecule has 1 aliphatic rings. The van der Waals surface area contributed by atoms with E-state index in [-0.39, 0.29) is 17.4 Å². The minimum atomic E-state index is -0.458. The molecule has 7 heteroatoms. The lowest BCUT2D eigenvalue weighted by Crippen LogP contribution is -2.39. The van der Waals surface area contributed by atoms with E-state index in [4.69, 9.17) is 4.84 Å². The number of aromatic nitrogens is 1. The third-order valence-corrected chi connectivity index (χ3v) is 4.53. The van der Waals surface area contributed by atoms with Gasteiger partial charge in [-0.05, 0) is 48.4 Å². The molecule has 1 aromatic heterocycles. The van der Waals surface area contributed by atoms with E-state index in [0.29, 0.717) is 26.1 Å². The number of benzene rings is 1. The number of hydrogen-bond acceptors (Lipinski definition) is 6. The second-order valence-corrected chi connectivity index (χ2v) is 6.36. The van der Waals surface area contributed by atoms with E-state index in [0.717, 1.165) is 24.0 Å². The highest BCUT2D eigenvalue weighted by atomic mass is 16.7. The Morgan fingerprint density at radius 3 is 2.77 bits per heavy atom. The van der Waals surface area contributed by atoms with Crippen LogP contribution in [0.1, 0.15) is 29.9 Å². The number of nitrogens with zero attached hydrogens (tertiary/aromatic N) is 2. The molecule has 0 radical (unpaired) electrons. The second-order valence-electron chi connectivity index (χ2n) is 6.36. The summed E-state index contributed by atoms with van der Waals surface area (Å²) in [6.07, 6.45) is 5.26. The van der Waals surface area contributed by atoms with Crippen LogP contribution in [-0.4, -0.2) is 46.0 Å². The highest BCUT2D eigenvalue weighted by Gasteiger charge is 2.24. The topological polar surface area (TPSA) is 94.9 Å². The van der Waals surface area contributed by atoms with Crippen molar-refractivity contribution in [2.24, 2.45) is 0 Å². The summed E-state index contributed by atoms with van der Waals surface area (Å²) in [6.45, 7) is 1.68. The first kappa shape index (κ1) is 18.0. The van der Waals surface area contributed by atoms with Gasteiger partial charge in [0, 0.05) is 38.1 Å². The van der Waals surface area contributed by atoms with Crippen LogP contribution in [0.2, 0.25) is 0 Å². The number of phenolic OH excluding ortho intramolecular Hbond substituents is 2. The molecular weight excluding hydrogens is 334 g/mol.